The van der Waals surface area contributed by atoms with Crippen LogP contribution in [0.5, 0.6) is 11.5 Å². The zero-order chi connectivity index (χ0) is 13.5. The molecule has 19 heavy (non-hydrogen) atoms. The molecule has 1 heterocycles. The van der Waals surface area contributed by atoms with Crippen molar-refractivity contribution in [1.82, 2.24) is 5.32 Å². The summed E-state index contributed by atoms with van der Waals surface area (Å²) in [6.07, 6.45) is 1.07. The summed E-state index contributed by atoms with van der Waals surface area (Å²) in [6, 6.07) is 10.2. The molecule has 1 N–H and O–H groups in total. The first-order valence-corrected chi connectivity index (χ1v) is 7.15. The van der Waals surface area contributed by atoms with Crippen LogP contribution in [-0.2, 0) is 13.0 Å². The van der Waals surface area contributed by atoms with Gasteiger partial charge < -0.3 is 14.8 Å². The van der Waals surface area contributed by atoms with Crippen molar-refractivity contribution < 1.29 is 9.47 Å². The smallest absolute Gasteiger partial charge is 0.127 e. The summed E-state index contributed by atoms with van der Waals surface area (Å²) in [5.41, 5.74) is 1.15. The largest absolute Gasteiger partial charge is 0.497 e. The fraction of sp³-hybridized carbons (Fsp3) is 0.333. The quantitative estimate of drug-likeness (QED) is 0.789. The topological polar surface area (TPSA) is 30.5 Å². The Bertz CT molecular complexity index is 497. The highest BCUT2D eigenvalue weighted by Gasteiger charge is 2.04. The maximum absolute atomic E-state index is 5.37. The SMILES string of the molecule is COc1ccc(CNCCc2cccs2)c(OC)c1. The van der Waals surface area contributed by atoms with Gasteiger partial charge in [0.15, 0.2) is 0 Å². The highest BCUT2D eigenvalue weighted by Crippen LogP contribution is 2.24. The van der Waals surface area contributed by atoms with Crippen molar-refractivity contribution in [3.05, 3.63) is 46.2 Å². The average molecular weight is 277 g/mol. The van der Waals surface area contributed by atoms with Gasteiger partial charge in [-0.3, -0.25) is 0 Å². The summed E-state index contributed by atoms with van der Waals surface area (Å²) in [5, 5.41) is 5.55. The lowest BCUT2D eigenvalue weighted by atomic mass is 10.2. The fourth-order valence-corrected chi connectivity index (χ4v) is 2.60. The van der Waals surface area contributed by atoms with Gasteiger partial charge in [0.05, 0.1) is 14.2 Å². The monoisotopic (exact) mass is 277 g/mol. The van der Waals surface area contributed by atoms with Crippen LogP contribution in [0.3, 0.4) is 0 Å². The maximum Gasteiger partial charge on any atom is 0.127 e. The molecule has 0 spiro atoms. The third kappa shape index (κ3) is 3.98. The Labute approximate surface area is 118 Å². The molecule has 0 saturated heterocycles. The summed E-state index contributed by atoms with van der Waals surface area (Å²) in [7, 11) is 3.34. The number of rotatable bonds is 7. The van der Waals surface area contributed by atoms with Crippen LogP contribution in [0.4, 0.5) is 0 Å². The van der Waals surface area contributed by atoms with Crippen LogP contribution in [0.25, 0.3) is 0 Å². The third-order valence-electron chi connectivity index (χ3n) is 2.94. The molecule has 4 heteroatoms. The van der Waals surface area contributed by atoms with Gasteiger partial charge in [0, 0.05) is 29.6 Å². The molecule has 0 radical (unpaired) electrons. The third-order valence-corrected chi connectivity index (χ3v) is 3.87. The molecule has 3 nitrogen and oxygen atoms in total. The molecule has 0 bridgehead atoms. The molecule has 0 unspecified atom stereocenters. The van der Waals surface area contributed by atoms with Crippen molar-refractivity contribution in [3.63, 3.8) is 0 Å². The van der Waals surface area contributed by atoms with Gasteiger partial charge in [-0.25, -0.2) is 0 Å². The second kappa shape index (κ2) is 7.16. The number of benzene rings is 1. The van der Waals surface area contributed by atoms with Crippen LogP contribution in [0.15, 0.2) is 35.7 Å². The van der Waals surface area contributed by atoms with Crippen LogP contribution in [0, 0.1) is 0 Å². The molecule has 0 fully saturated rings. The molecule has 0 aliphatic carbocycles. The number of thiophene rings is 1. The molecule has 0 atom stereocenters. The van der Waals surface area contributed by atoms with Crippen molar-refractivity contribution in [2.75, 3.05) is 20.8 Å². The lowest BCUT2D eigenvalue weighted by Gasteiger charge is -2.11. The first-order chi connectivity index (χ1) is 9.33. The number of methoxy groups -OCH3 is 2. The molecule has 2 rings (SSSR count). The van der Waals surface area contributed by atoms with Crippen LogP contribution < -0.4 is 14.8 Å². The van der Waals surface area contributed by atoms with Gasteiger partial charge in [0.25, 0.3) is 0 Å². The van der Waals surface area contributed by atoms with E-state index in [0.29, 0.717) is 0 Å². The average Bonchev–Trinajstić information content (AvgIpc) is 2.96. The number of hydrogen-bond donors (Lipinski definition) is 1. The van der Waals surface area contributed by atoms with E-state index in [1.54, 1.807) is 25.6 Å². The van der Waals surface area contributed by atoms with Gasteiger partial charge >= 0.3 is 0 Å². The van der Waals surface area contributed by atoms with Crippen molar-refractivity contribution in [2.45, 2.75) is 13.0 Å². The first kappa shape index (κ1) is 13.9. The van der Waals surface area contributed by atoms with Crippen molar-refractivity contribution in [3.8, 4) is 11.5 Å². The highest BCUT2D eigenvalue weighted by atomic mass is 32.1. The molecular weight excluding hydrogens is 258 g/mol. The first-order valence-electron chi connectivity index (χ1n) is 6.27. The maximum atomic E-state index is 5.37. The number of nitrogens with one attached hydrogen (secondary N) is 1. The lowest BCUT2D eigenvalue weighted by Crippen LogP contribution is -2.16. The highest BCUT2D eigenvalue weighted by molar-refractivity contribution is 7.09. The van der Waals surface area contributed by atoms with Gasteiger partial charge in [-0.2, -0.15) is 0 Å². The molecule has 2 aromatic rings. The summed E-state index contributed by atoms with van der Waals surface area (Å²) < 4.78 is 10.6. The van der Waals surface area contributed by atoms with Gasteiger partial charge in [0.2, 0.25) is 0 Å². The second-order valence-electron chi connectivity index (χ2n) is 4.18. The Morgan fingerprint density at radius 1 is 1.16 bits per heavy atom. The minimum absolute atomic E-state index is 0.804. The van der Waals surface area contributed by atoms with E-state index in [0.717, 1.165) is 36.6 Å². The van der Waals surface area contributed by atoms with Gasteiger partial charge in [-0.1, -0.05) is 12.1 Å². The zero-order valence-electron chi connectivity index (χ0n) is 11.3. The predicted molar refractivity (Wildman–Crippen MR) is 79.3 cm³/mol. The van der Waals surface area contributed by atoms with Crippen molar-refractivity contribution >= 4 is 11.3 Å². The van der Waals surface area contributed by atoms with Crippen LogP contribution >= 0.6 is 11.3 Å². The van der Waals surface area contributed by atoms with Crippen molar-refractivity contribution in [1.29, 1.82) is 0 Å². The van der Waals surface area contributed by atoms with E-state index in [9.17, 15) is 0 Å². The standard InChI is InChI=1S/C15H19NO2S/c1-17-13-6-5-12(15(10-13)18-2)11-16-8-7-14-4-3-9-19-14/h3-6,9-10,16H,7-8,11H2,1-2H3. The second-order valence-corrected chi connectivity index (χ2v) is 5.22. The summed E-state index contributed by atoms with van der Waals surface area (Å²) in [4.78, 5) is 1.41. The number of hydrogen-bond acceptors (Lipinski definition) is 4. The van der Waals surface area contributed by atoms with Crippen molar-refractivity contribution in [2.24, 2.45) is 0 Å². The van der Waals surface area contributed by atoms with Gasteiger partial charge in [-0.15, -0.1) is 11.3 Å². The Morgan fingerprint density at radius 3 is 2.74 bits per heavy atom. The van der Waals surface area contributed by atoms with Crippen LogP contribution in [0.2, 0.25) is 0 Å². The molecule has 0 aliphatic heterocycles. The summed E-state index contributed by atoms with van der Waals surface area (Å²) in [6.45, 7) is 1.77. The van der Waals surface area contributed by atoms with E-state index in [4.69, 9.17) is 9.47 Å². The fourth-order valence-electron chi connectivity index (χ4n) is 1.89. The molecule has 0 aliphatic rings. The van der Waals surface area contributed by atoms with E-state index in [-0.39, 0.29) is 0 Å². The van der Waals surface area contributed by atoms with Gasteiger partial charge in [0.1, 0.15) is 11.5 Å². The van der Waals surface area contributed by atoms with E-state index < -0.39 is 0 Å². The van der Waals surface area contributed by atoms with E-state index in [2.05, 4.69) is 22.8 Å². The molecule has 1 aromatic carbocycles. The summed E-state index contributed by atoms with van der Waals surface area (Å²) >= 11 is 1.80. The zero-order valence-corrected chi connectivity index (χ0v) is 12.1. The van der Waals surface area contributed by atoms with Crippen LogP contribution in [0.1, 0.15) is 10.4 Å². The Morgan fingerprint density at radius 2 is 2.05 bits per heavy atom. The predicted octanol–water partition coefficient (Wildman–Crippen LogP) is 3.10. The molecule has 0 saturated carbocycles. The molecule has 102 valence electrons. The normalized spacial score (nSPS) is 10.4. The number of ether oxygens (including phenoxy) is 2. The lowest BCUT2D eigenvalue weighted by molar-refractivity contribution is 0.390. The van der Waals surface area contributed by atoms with E-state index in [1.165, 1.54) is 4.88 Å². The van der Waals surface area contributed by atoms with E-state index >= 15 is 0 Å². The summed E-state index contributed by atoms with van der Waals surface area (Å²) in [5.74, 6) is 1.68. The Balaban J connectivity index is 1.85. The van der Waals surface area contributed by atoms with Gasteiger partial charge in [-0.05, 0) is 23.9 Å². The van der Waals surface area contributed by atoms with E-state index in [1.807, 2.05) is 18.2 Å². The minimum Gasteiger partial charge on any atom is -0.497 e. The Hall–Kier alpha value is -1.52. The minimum atomic E-state index is 0.804. The molecule has 1 aromatic heterocycles. The van der Waals surface area contributed by atoms with Crippen LogP contribution in [-0.4, -0.2) is 20.8 Å². The molecular formula is C15H19NO2S. The molecule has 0 amide bonds. The Kier molecular flexibility index (Phi) is 5.24.